The van der Waals surface area contributed by atoms with Crippen molar-refractivity contribution in [3.63, 3.8) is 0 Å². The minimum absolute atomic E-state index is 0.415. The predicted octanol–water partition coefficient (Wildman–Crippen LogP) is 1.89. The Morgan fingerprint density at radius 3 is 2.79 bits per heavy atom. The second-order valence-electron chi connectivity index (χ2n) is 3.01. The van der Waals surface area contributed by atoms with Crippen LogP contribution in [0.1, 0.15) is 17.2 Å². The molecule has 2 rings (SSSR count). The van der Waals surface area contributed by atoms with E-state index in [2.05, 4.69) is 15.5 Å². The van der Waals surface area contributed by atoms with E-state index in [1.165, 1.54) is 0 Å². The van der Waals surface area contributed by atoms with Gasteiger partial charge in [0, 0.05) is 6.92 Å². The zero-order valence-electron chi connectivity index (χ0n) is 8.07. The lowest BCUT2D eigenvalue weighted by Crippen LogP contribution is -1.99. The molecular formula is C9H11N3O2. The van der Waals surface area contributed by atoms with Crippen LogP contribution in [-0.2, 0) is 6.54 Å². The summed E-state index contributed by atoms with van der Waals surface area (Å²) in [5.74, 6) is 1.42. The van der Waals surface area contributed by atoms with Crippen molar-refractivity contribution in [3.8, 4) is 0 Å². The highest BCUT2D eigenvalue weighted by Gasteiger charge is 2.04. The molecule has 0 aliphatic carbocycles. The molecule has 0 saturated carbocycles. The first-order valence-corrected chi connectivity index (χ1v) is 4.32. The summed E-state index contributed by atoms with van der Waals surface area (Å²) in [6, 6.07) is 2.33. The van der Waals surface area contributed by atoms with Gasteiger partial charge in [0.05, 0.1) is 12.8 Å². The van der Waals surface area contributed by atoms with Gasteiger partial charge in [-0.05, 0) is 18.6 Å². The molecule has 0 radical (unpaired) electrons. The number of nitrogens with one attached hydrogen (secondary N) is 1. The van der Waals surface area contributed by atoms with Gasteiger partial charge in [0.1, 0.15) is 5.76 Å². The molecular weight excluding hydrogens is 182 g/mol. The summed E-state index contributed by atoms with van der Waals surface area (Å²) in [6.45, 7) is 4.29. The van der Waals surface area contributed by atoms with Crippen LogP contribution < -0.4 is 5.32 Å². The van der Waals surface area contributed by atoms with Crippen LogP contribution in [0.4, 0.5) is 6.01 Å². The van der Waals surface area contributed by atoms with Crippen LogP contribution >= 0.6 is 0 Å². The Labute approximate surface area is 81.1 Å². The van der Waals surface area contributed by atoms with Crippen molar-refractivity contribution in [3.05, 3.63) is 29.5 Å². The first kappa shape index (κ1) is 8.80. The summed E-state index contributed by atoms with van der Waals surface area (Å²) >= 11 is 0. The molecule has 0 saturated heterocycles. The van der Waals surface area contributed by atoms with Crippen LogP contribution in [0.5, 0.6) is 0 Å². The van der Waals surface area contributed by atoms with Crippen molar-refractivity contribution in [1.82, 2.24) is 10.2 Å². The fraction of sp³-hybridized carbons (Fsp3) is 0.333. The second-order valence-corrected chi connectivity index (χ2v) is 3.01. The Bertz CT molecular complexity index is 419. The smallest absolute Gasteiger partial charge is 0.315 e. The van der Waals surface area contributed by atoms with E-state index in [1.54, 1.807) is 13.2 Å². The second kappa shape index (κ2) is 3.53. The van der Waals surface area contributed by atoms with Gasteiger partial charge in [-0.3, -0.25) is 0 Å². The van der Waals surface area contributed by atoms with Crippen molar-refractivity contribution in [2.75, 3.05) is 5.32 Å². The maximum atomic E-state index is 5.24. The molecule has 74 valence electrons. The average molecular weight is 193 g/mol. The van der Waals surface area contributed by atoms with Crippen molar-refractivity contribution in [2.24, 2.45) is 0 Å². The van der Waals surface area contributed by atoms with Gasteiger partial charge in [0.2, 0.25) is 5.89 Å². The molecule has 5 heteroatoms. The van der Waals surface area contributed by atoms with Gasteiger partial charge in [-0.15, -0.1) is 5.10 Å². The molecule has 0 aliphatic rings. The molecule has 0 aromatic carbocycles. The van der Waals surface area contributed by atoms with Crippen molar-refractivity contribution < 1.29 is 8.83 Å². The quantitative estimate of drug-likeness (QED) is 0.806. The first-order chi connectivity index (χ1) is 6.75. The maximum absolute atomic E-state index is 5.24. The van der Waals surface area contributed by atoms with Gasteiger partial charge >= 0.3 is 6.01 Å². The highest BCUT2D eigenvalue weighted by atomic mass is 16.4. The highest BCUT2D eigenvalue weighted by molar-refractivity contribution is 5.22. The number of aryl methyl sites for hydroxylation is 2. The number of hydrogen-bond acceptors (Lipinski definition) is 5. The summed E-state index contributed by atoms with van der Waals surface area (Å²) in [5.41, 5.74) is 1.11. The van der Waals surface area contributed by atoms with Crippen LogP contribution in [-0.4, -0.2) is 10.2 Å². The largest absolute Gasteiger partial charge is 0.467 e. The Hall–Kier alpha value is -1.78. The van der Waals surface area contributed by atoms with Crippen LogP contribution in [0.2, 0.25) is 0 Å². The molecule has 5 nitrogen and oxygen atoms in total. The molecule has 2 aromatic heterocycles. The molecule has 2 aromatic rings. The molecule has 0 spiro atoms. The van der Waals surface area contributed by atoms with Gasteiger partial charge in [0.25, 0.3) is 0 Å². The van der Waals surface area contributed by atoms with E-state index in [0.29, 0.717) is 18.5 Å². The monoisotopic (exact) mass is 193 g/mol. The summed E-state index contributed by atoms with van der Waals surface area (Å²) in [4.78, 5) is 0. The molecule has 0 amide bonds. The molecule has 0 aliphatic heterocycles. The number of hydrogen-bond donors (Lipinski definition) is 1. The predicted molar refractivity (Wildman–Crippen MR) is 49.8 cm³/mol. The molecule has 0 atom stereocenters. The number of aromatic nitrogens is 2. The average Bonchev–Trinajstić information content (AvgIpc) is 2.72. The van der Waals surface area contributed by atoms with E-state index in [1.807, 2.05) is 13.0 Å². The molecule has 2 heterocycles. The summed E-state index contributed by atoms with van der Waals surface area (Å²) in [5, 5.41) is 10.5. The Balaban J connectivity index is 1.98. The highest BCUT2D eigenvalue weighted by Crippen LogP contribution is 2.11. The third-order valence-corrected chi connectivity index (χ3v) is 1.89. The zero-order valence-corrected chi connectivity index (χ0v) is 8.07. The minimum Gasteiger partial charge on any atom is -0.467 e. The SMILES string of the molecule is Cc1nnc(NCc2occc2C)o1. The number of furan rings is 1. The lowest BCUT2D eigenvalue weighted by atomic mass is 10.3. The maximum Gasteiger partial charge on any atom is 0.315 e. The third-order valence-electron chi connectivity index (χ3n) is 1.89. The summed E-state index contributed by atoms with van der Waals surface area (Å²) < 4.78 is 10.4. The van der Waals surface area contributed by atoms with E-state index >= 15 is 0 Å². The lowest BCUT2D eigenvalue weighted by molar-refractivity contribution is 0.501. The minimum atomic E-state index is 0.415. The molecule has 14 heavy (non-hydrogen) atoms. The Morgan fingerprint density at radius 2 is 2.21 bits per heavy atom. The van der Waals surface area contributed by atoms with E-state index in [0.717, 1.165) is 11.3 Å². The van der Waals surface area contributed by atoms with E-state index < -0.39 is 0 Å². The summed E-state index contributed by atoms with van der Waals surface area (Å²) in [7, 11) is 0. The topological polar surface area (TPSA) is 64.1 Å². The normalized spacial score (nSPS) is 10.4. The Kier molecular flexibility index (Phi) is 2.22. The van der Waals surface area contributed by atoms with Gasteiger partial charge in [-0.25, -0.2) is 0 Å². The van der Waals surface area contributed by atoms with Crippen molar-refractivity contribution in [1.29, 1.82) is 0 Å². The fourth-order valence-electron chi connectivity index (χ4n) is 1.11. The Morgan fingerprint density at radius 1 is 1.36 bits per heavy atom. The molecule has 0 fully saturated rings. The lowest BCUT2D eigenvalue weighted by Gasteiger charge is -1.98. The third kappa shape index (κ3) is 1.76. The van der Waals surface area contributed by atoms with Crippen LogP contribution in [0.15, 0.2) is 21.2 Å². The standard InChI is InChI=1S/C9H11N3O2/c1-6-3-4-13-8(6)5-10-9-12-11-7(2)14-9/h3-4H,5H2,1-2H3,(H,10,12). The van der Waals surface area contributed by atoms with Gasteiger partial charge in [-0.2, -0.15) is 0 Å². The number of rotatable bonds is 3. The fourth-order valence-corrected chi connectivity index (χ4v) is 1.11. The molecule has 1 N–H and O–H groups in total. The first-order valence-electron chi connectivity index (χ1n) is 4.32. The van der Waals surface area contributed by atoms with Crippen LogP contribution in [0.25, 0.3) is 0 Å². The van der Waals surface area contributed by atoms with Gasteiger partial charge in [0.15, 0.2) is 0 Å². The number of nitrogens with zero attached hydrogens (tertiary/aromatic N) is 2. The van der Waals surface area contributed by atoms with E-state index in [9.17, 15) is 0 Å². The van der Waals surface area contributed by atoms with Gasteiger partial charge < -0.3 is 14.2 Å². The molecule has 0 bridgehead atoms. The van der Waals surface area contributed by atoms with Crippen molar-refractivity contribution >= 4 is 6.01 Å². The zero-order chi connectivity index (χ0) is 9.97. The molecule has 0 unspecified atom stereocenters. The van der Waals surface area contributed by atoms with E-state index in [-0.39, 0.29) is 0 Å². The van der Waals surface area contributed by atoms with Gasteiger partial charge in [-0.1, -0.05) is 5.10 Å². The van der Waals surface area contributed by atoms with Crippen LogP contribution in [0, 0.1) is 13.8 Å². The van der Waals surface area contributed by atoms with E-state index in [4.69, 9.17) is 8.83 Å². The summed E-state index contributed by atoms with van der Waals surface area (Å²) in [6.07, 6.45) is 1.66. The van der Waals surface area contributed by atoms with Crippen LogP contribution in [0.3, 0.4) is 0 Å². The van der Waals surface area contributed by atoms with Crippen molar-refractivity contribution in [2.45, 2.75) is 20.4 Å². The number of anilines is 1.